The fourth-order valence-electron chi connectivity index (χ4n) is 2.41. The molecule has 2 fully saturated rings. The van der Waals surface area contributed by atoms with Crippen LogP contribution in [0.2, 0.25) is 5.02 Å². The van der Waals surface area contributed by atoms with Crippen LogP contribution in [-0.4, -0.2) is 19.2 Å². The van der Waals surface area contributed by atoms with Crippen molar-refractivity contribution in [2.45, 2.75) is 18.1 Å². The summed E-state index contributed by atoms with van der Waals surface area (Å²) in [6.07, 6.45) is 1.08. The van der Waals surface area contributed by atoms with Gasteiger partial charge in [0, 0.05) is 17.6 Å². The molecule has 0 radical (unpaired) electrons. The fourth-order valence-corrected chi connectivity index (χ4v) is 2.60. The third kappa shape index (κ3) is 1.18. The minimum absolute atomic E-state index is 0.102. The molecule has 2 unspecified atom stereocenters. The van der Waals surface area contributed by atoms with Gasteiger partial charge in [0.05, 0.1) is 6.61 Å². The topological polar surface area (TPSA) is 21.3 Å². The highest BCUT2D eigenvalue weighted by Crippen LogP contribution is 2.40. The van der Waals surface area contributed by atoms with Crippen LogP contribution in [0.5, 0.6) is 0 Å². The second-order valence-corrected chi connectivity index (χ2v) is 4.53. The first-order chi connectivity index (χ1) is 6.78. The summed E-state index contributed by atoms with van der Waals surface area (Å²) in [7, 11) is 0. The van der Waals surface area contributed by atoms with Crippen LogP contribution in [0.3, 0.4) is 0 Å². The number of morpholine rings is 1. The summed E-state index contributed by atoms with van der Waals surface area (Å²) in [5.74, 6) is 0. The van der Waals surface area contributed by atoms with Gasteiger partial charge in [-0.2, -0.15) is 0 Å². The van der Waals surface area contributed by atoms with Crippen molar-refractivity contribution in [1.29, 1.82) is 0 Å². The molecule has 0 spiro atoms. The summed E-state index contributed by atoms with van der Waals surface area (Å²) in [6.45, 7) is 1.74. The zero-order chi connectivity index (χ0) is 9.60. The average molecular weight is 210 g/mol. The molecule has 1 aromatic carbocycles. The van der Waals surface area contributed by atoms with Crippen molar-refractivity contribution in [3.05, 3.63) is 34.9 Å². The van der Waals surface area contributed by atoms with Crippen molar-refractivity contribution in [2.24, 2.45) is 0 Å². The lowest BCUT2D eigenvalue weighted by Gasteiger charge is -2.27. The van der Waals surface area contributed by atoms with Crippen LogP contribution < -0.4 is 5.32 Å². The number of halogens is 1. The summed E-state index contributed by atoms with van der Waals surface area (Å²) in [4.78, 5) is 0. The van der Waals surface area contributed by atoms with Crippen molar-refractivity contribution in [1.82, 2.24) is 5.32 Å². The van der Waals surface area contributed by atoms with Crippen molar-refractivity contribution >= 4 is 11.6 Å². The van der Waals surface area contributed by atoms with Crippen LogP contribution in [0.4, 0.5) is 0 Å². The molecule has 2 atom stereocenters. The van der Waals surface area contributed by atoms with Gasteiger partial charge in [0.2, 0.25) is 0 Å². The van der Waals surface area contributed by atoms with E-state index in [1.807, 2.05) is 18.2 Å². The molecule has 0 aromatic heterocycles. The molecule has 0 aliphatic carbocycles. The van der Waals surface area contributed by atoms with E-state index in [2.05, 4.69) is 11.4 Å². The maximum Gasteiger partial charge on any atom is 0.107 e. The number of rotatable bonds is 1. The van der Waals surface area contributed by atoms with Crippen LogP contribution in [0.25, 0.3) is 0 Å². The van der Waals surface area contributed by atoms with Gasteiger partial charge in [-0.3, -0.25) is 0 Å². The Morgan fingerprint density at radius 3 is 3.00 bits per heavy atom. The van der Waals surface area contributed by atoms with Gasteiger partial charge in [0.15, 0.2) is 0 Å². The van der Waals surface area contributed by atoms with Gasteiger partial charge in [-0.25, -0.2) is 0 Å². The standard InChI is InChI=1S/C11H12ClNO/c12-9-3-1-2-8(4-9)11-5-10(6-14-11)13-7-11/h1-4,10,13H,5-7H2. The highest BCUT2D eigenvalue weighted by atomic mass is 35.5. The SMILES string of the molecule is Clc1cccc(C23CNC(CO2)C3)c1. The molecule has 1 aromatic rings. The number of benzene rings is 1. The molecule has 0 amide bonds. The Labute approximate surface area is 88.2 Å². The van der Waals surface area contributed by atoms with Gasteiger partial charge in [0.1, 0.15) is 5.60 Å². The number of hydrogen-bond donors (Lipinski definition) is 1. The Kier molecular flexibility index (Phi) is 1.84. The molecule has 2 saturated heterocycles. The first kappa shape index (κ1) is 8.72. The average Bonchev–Trinajstić information content (AvgIpc) is 2.78. The predicted molar refractivity (Wildman–Crippen MR) is 55.5 cm³/mol. The Hall–Kier alpha value is -0.570. The van der Waals surface area contributed by atoms with E-state index in [9.17, 15) is 0 Å². The number of hydrogen-bond acceptors (Lipinski definition) is 2. The van der Waals surface area contributed by atoms with E-state index in [0.29, 0.717) is 6.04 Å². The zero-order valence-corrected chi connectivity index (χ0v) is 8.55. The molecule has 74 valence electrons. The van der Waals surface area contributed by atoms with Crippen LogP contribution in [-0.2, 0) is 10.3 Å². The Morgan fingerprint density at radius 2 is 2.43 bits per heavy atom. The monoisotopic (exact) mass is 209 g/mol. The smallest absolute Gasteiger partial charge is 0.107 e. The van der Waals surface area contributed by atoms with E-state index in [1.165, 1.54) is 5.56 Å². The second-order valence-electron chi connectivity index (χ2n) is 4.10. The lowest BCUT2D eigenvalue weighted by atomic mass is 9.93. The van der Waals surface area contributed by atoms with Crippen LogP contribution >= 0.6 is 11.6 Å². The van der Waals surface area contributed by atoms with E-state index in [0.717, 1.165) is 24.6 Å². The highest BCUT2D eigenvalue weighted by Gasteiger charge is 2.47. The normalized spacial score (nSPS) is 35.1. The molecular formula is C11H12ClNO. The quantitative estimate of drug-likeness (QED) is 0.763. The minimum atomic E-state index is -0.102. The van der Waals surface area contributed by atoms with Gasteiger partial charge in [0.25, 0.3) is 0 Å². The van der Waals surface area contributed by atoms with Gasteiger partial charge in [-0.15, -0.1) is 0 Å². The zero-order valence-electron chi connectivity index (χ0n) is 7.79. The molecule has 2 bridgehead atoms. The van der Waals surface area contributed by atoms with E-state index < -0.39 is 0 Å². The molecule has 0 saturated carbocycles. The van der Waals surface area contributed by atoms with Crippen LogP contribution in [0.1, 0.15) is 12.0 Å². The van der Waals surface area contributed by atoms with E-state index in [1.54, 1.807) is 0 Å². The number of fused-ring (bicyclic) bond motifs is 2. The molecule has 2 aliphatic rings. The second kappa shape index (κ2) is 2.96. The summed E-state index contributed by atoms with van der Waals surface area (Å²) in [6, 6.07) is 8.53. The molecule has 2 nitrogen and oxygen atoms in total. The Balaban J connectivity index is 2.02. The maximum absolute atomic E-state index is 5.98. The van der Waals surface area contributed by atoms with E-state index >= 15 is 0 Å². The van der Waals surface area contributed by atoms with E-state index in [4.69, 9.17) is 16.3 Å². The van der Waals surface area contributed by atoms with Crippen LogP contribution in [0.15, 0.2) is 24.3 Å². The number of nitrogens with one attached hydrogen (secondary N) is 1. The molecule has 3 rings (SSSR count). The lowest BCUT2D eigenvalue weighted by Crippen LogP contribution is -2.37. The third-order valence-corrected chi connectivity index (χ3v) is 3.40. The first-order valence-electron chi connectivity index (χ1n) is 4.92. The first-order valence-corrected chi connectivity index (χ1v) is 5.30. The molecule has 3 heteroatoms. The molecule has 14 heavy (non-hydrogen) atoms. The molecular weight excluding hydrogens is 198 g/mol. The summed E-state index contributed by atoms with van der Waals surface area (Å²) in [5, 5.41) is 4.23. The van der Waals surface area contributed by atoms with Gasteiger partial charge in [-0.05, 0) is 24.1 Å². The molecule has 2 heterocycles. The summed E-state index contributed by atoms with van der Waals surface area (Å²) >= 11 is 5.98. The fraction of sp³-hybridized carbons (Fsp3) is 0.455. The third-order valence-electron chi connectivity index (χ3n) is 3.16. The van der Waals surface area contributed by atoms with E-state index in [-0.39, 0.29) is 5.60 Å². The summed E-state index contributed by atoms with van der Waals surface area (Å²) in [5.41, 5.74) is 1.10. The largest absolute Gasteiger partial charge is 0.367 e. The Morgan fingerprint density at radius 1 is 1.50 bits per heavy atom. The minimum Gasteiger partial charge on any atom is -0.367 e. The van der Waals surface area contributed by atoms with Gasteiger partial charge in [-0.1, -0.05) is 23.7 Å². The van der Waals surface area contributed by atoms with Crippen molar-refractivity contribution in [3.63, 3.8) is 0 Å². The van der Waals surface area contributed by atoms with Crippen molar-refractivity contribution < 1.29 is 4.74 Å². The highest BCUT2D eigenvalue weighted by molar-refractivity contribution is 6.30. The van der Waals surface area contributed by atoms with Crippen molar-refractivity contribution in [2.75, 3.05) is 13.2 Å². The lowest BCUT2D eigenvalue weighted by molar-refractivity contribution is -0.00957. The molecule has 1 N–H and O–H groups in total. The van der Waals surface area contributed by atoms with Gasteiger partial charge < -0.3 is 10.1 Å². The number of ether oxygens (including phenoxy) is 1. The molecule has 2 aliphatic heterocycles. The Bertz CT molecular complexity index is 358. The maximum atomic E-state index is 5.98. The van der Waals surface area contributed by atoms with Gasteiger partial charge >= 0.3 is 0 Å². The summed E-state index contributed by atoms with van der Waals surface area (Å²) < 4.78 is 5.86. The predicted octanol–water partition coefficient (Wildman–Crippen LogP) is 1.93. The van der Waals surface area contributed by atoms with Crippen molar-refractivity contribution in [3.8, 4) is 0 Å². The van der Waals surface area contributed by atoms with Crippen LogP contribution in [0, 0.1) is 0 Å².